The summed E-state index contributed by atoms with van der Waals surface area (Å²) in [5.74, 6) is 0.616. The number of carbonyl (C=O) groups is 1. The molecule has 2 aromatic rings. The molecule has 1 saturated carbocycles. The summed E-state index contributed by atoms with van der Waals surface area (Å²) < 4.78 is 52.4. The van der Waals surface area contributed by atoms with Gasteiger partial charge in [-0.25, -0.2) is 21.1 Å². The maximum Gasteiger partial charge on any atom is 0.229 e. The summed E-state index contributed by atoms with van der Waals surface area (Å²) in [7, 11) is -6.53. The molecule has 4 fully saturated rings. The molecule has 3 saturated heterocycles. The molecular formula is C32H43N3O5S2. The van der Waals surface area contributed by atoms with E-state index in [0.717, 1.165) is 76.7 Å². The highest BCUT2D eigenvalue weighted by Gasteiger charge is 2.49. The minimum atomic E-state index is -3.29. The van der Waals surface area contributed by atoms with Crippen LogP contribution >= 0.6 is 0 Å². The Balaban J connectivity index is 1.09. The smallest absolute Gasteiger partial charge is 0.229 e. The Morgan fingerprint density at radius 3 is 2.12 bits per heavy atom. The molecule has 1 amide bonds. The number of likely N-dealkylation sites (tertiary alicyclic amines) is 2. The van der Waals surface area contributed by atoms with Crippen LogP contribution in [-0.4, -0.2) is 87.6 Å². The molecule has 1 aliphatic carbocycles. The summed E-state index contributed by atoms with van der Waals surface area (Å²) in [5.41, 5.74) is 1.83. The molecule has 3 aliphatic heterocycles. The van der Waals surface area contributed by atoms with Crippen LogP contribution in [0.5, 0.6) is 0 Å². The summed E-state index contributed by atoms with van der Waals surface area (Å²) in [4.78, 5) is 18.3. The Bertz CT molecular complexity index is 1480. The molecule has 6 rings (SSSR count). The van der Waals surface area contributed by atoms with Crippen LogP contribution in [-0.2, 0) is 31.2 Å². The normalized spacial score (nSPS) is 26.0. The molecule has 228 valence electrons. The van der Waals surface area contributed by atoms with E-state index in [1.54, 1.807) is 28.6 Å². The second kappa shape index (κ2) is 11.7. The number of sulfone groups is 1. The van der Waals surface area contributed by atoms with Crippen LogP contribution in [0.25, 0.3) is 0 Å². The highest BCUT2D eigenvalue weighted by Crippen LogP contribution is 2.43. The fourth-order valence-corrected chi connectivity index (χ4v) is 10.5. The molecule has 10 heteroatoms. The minimum absolute atomic E-state index is 0.177. The van der Waals surface area contributed by atoms with Gasteiger partial charge in [0.2, 0.25) is 15.9 Å². The fraction of sp³-hybridized carbons (Fsp3) is 0.594. The molecule has 0 radical (unpaired) electrons. The molecular weight excluding hydrogens is 571 g/mol. The van der Waals surface area contributed by atoms with Crippen LogP contribution in [0.15, 0.2) is 59.5 Å². The van der Waals surface area contributed by atoms with Gasteiger partial charge in [0.25, 0.3) is 0 Å². The Morgan fingerprint density at radius 2 is 1.48 bits per heavy atom. The van der Waals surface area contributed by atoms with E-state index in [1.807, 2.05) is 23.1 Å². The third kappa shape index (κ3) is 5.92. The Labute approximate surface area is 251 Å². The van der Waals surface area contributed by atoms with Crippen molar-refractivity contribution in [3.63, 3.8) is 0 Å². The molecule has 42 heavy (non-hydrogen) atoms. The molecule has 0 bridgehead atoms. The largest absolute Gasteiger partial charge is 0.338 e. The van der Waals surface area contributed by atoms with Gasteiger partial charge in [0.15, 0.2) is 9.84 Å². The van der Waals surface area contributed by atoms with Gasteiger partial charge in [0, 0.05) is 44.9 Å². The first kappa shape index (κ1) is 29.8. The zero-order valence-corrected chi connectivity index (χ0v) is 26.2. The number of carbonyl (C=O) groups excluding carboxylic acids is 1. The molecule has 1 spiro atoms. The number of hydrogen-bond acceptors (Lipinski definition) is 6. The van der Waals surface area contributed by atoms with E-state index in [0.29, 0.717) is 24.5 Å². The second-order valence-electron chi connectivity index (χ2n) is 13.0. The highest BCUT2D eigenvalue weighted by molar-refractivity contribution is 7.90. The van der Waals surface area contributed by atoms with Gasteiger partial charge >= 0.3 is 0 Å². The van der Waals surface area contributed by atoms with Crippen molar-refractivity contribution in [2.24, 2.45) is 11.3 Å². The van der Waals surface area contributed by atoms with Crippen molar-refractivity contribution < 1.29 is 21.6 Å². The van der Waals surface area contributed by atoms with Crippen LogP contribution in [0.1, 0.15) is 62.0 Å². The number of hydrogen-bond donors (Lipinski definition) is 0. The van der Waals surface area contributed by atoms with Crippen molar-refractivity contribution in [3.05, 3.63) is 65.7 Å². The molecule has 2 aromatic carbocycles. The fourth-order valence-electron chi connectivity index (χ4n) is 7.76. The van der Waals surface area contributed by atoms with Crippen molar-refractivity contribution in [2.45, 2.75) is 67.6 Å². The van der Waals surface area contributed by atoms with Crippen LogP contribution in [0.4, 0.5) is 0 Å². The van der Waals surface area contributed by atoms with Gasteiger partial charge < -0.3 is 9.80 Å². The lowest BCUT2D eigenvalue weighted by molar-refractivity contribution is -0.139. The second-order valence-corrected chi connectivity index (χ2v) is 17.2. The van der Waals surface area contributed by atoms with Crippen molar-refractivity contribution in [1.29, 1.82) is 0 Å². The van der Waals surface area contributed by atoms with Crippen molar-refractivity contribution in [2.75, 3.05) is 45.5 Å². The Hall–Kier alpha value is -2.27. The first-order valence-electron chi connectivity index (χ1n) is 15.4. The average molecular weight is 614 g/mol. The molecule has 3 heterocycles. The summed E-state index contributed by atoms with van der Waals surface area (Å²) >= 11 is 0. The average Bonchev–Trinajstić information content (AvgIpc) is 3.73. The zero-order chi connectivity index (χ0) is 29.5. The van der Waals surface area contributed by atoms with Gasteiger partial charge in [-0.2, -0.15) is 0 Å². The van der Waals surface area contributed by atoms with Crippen LogP contribution in [0.2, 0.25) is 0 Å². The third-order valence-corrected chi connectivity index (χ3v) is 13.8. The lowest BCUT2D eigenvalue weighted by atomic mass is 9.76. The summed E-state index contributed by atoms with van der Waals surface area (Å²) in [6.45, 7) is 4.89. The summed E-state index contributed by atoms with van der Waals surface area (Å²) in [6.07, 6.45) is 7.27. The minimum Gasteiger partial charge on any atom is -0.338 e. The predicted molar refractivity (Wildman–Crippen MR) is 163 cm³/mol. The van der Waals surface area contributed by atoms with E-state index in [2.05, 4.69) is 17.0 Å². The molecule has 0 aromatic heterocycles. The number of nitrogens with zero attached hydrogens (tertiary/aromatic N) is 3. The van der Waals surface area contributed by atoms with E-state index in [1.165, 1.54) is 11.8 Å². The summed E-state index contributed by atoms with van der Waals surface area (Å²) in [5, 5.41) is -0.225. The van der Waals surface area contributed by atoms with Gasteiger partial charge in [0.05, 0.1) is 15.6 Å². The van der Waals surface area contributed by atoms with Gasteiger partial charge in [-0.05, 0) is 74.4 Å². The lowest BCUT2D eigenvalue weighted by Gasteiger charge is -2.39. The third-order valence-electron chi connectivity index (χ3n) is 10.4. The highest BCUT2D eigenvalue weighted by atomic mass is 32.2. The standard InChI is InChI=1S/C32H43N3O5S2/c1-41(37,38)28-13-11-25(12-14-28)21-34-20-17-32(31(34)36)15-18-33(19-16-32)22-27-23-35(42(39,40)29-9-5-6-10-29)24-30(27)26-7-3-2-4-8-26/h2-4,7-8,11-14,27,29-30H,5-6,9-10,15-24H2,1H3/t27-,30?/m0/s1. The first-order valence-corrected chi connectivity index (χ1v) is 18.8. The van der Waals surface area contributed by atoms with Crippen LogP contribution in [0.3, 0.4) is 0 Å². The van der Waals surface area contributed by atoms with Crippen LogP contribution < -0.4 is 0 Å². The maximum atomic E-state index is 13.6. The summed E-state index contributed by atoms with van der Waals surface area (Å²) in [6, 6.07) is 17.2. The molecule has 2 atom stereocenters. The van der Waals surface area contributed by atoms with E-state index in [9.17, 15) is 21.6 Å². The zero-order valence-electron chi connectivity index (χ0n) is 24.5. The predicted octanol–water partition coefficient (Wildman–Crippen LogP) is 3.89. The monoisotopic (exact) mass is 613 g/mol. The van der Waals surface area contributed by atoms with Gasteiger partial charge in [-0.15, -0.1) is 0 Å². The van der Waals surface area contributed by atoms with Crippen molar-refractivity contribution in [1.82, 2.24) is 14.1 Å². The van der Waals surface area contributed by atoms with Crippen molar-refractivity contribution >= 4 is 25.8 Å². The van der Waals surface area contributed by atoms with Gasteiger partial charge in [-0.1, -0.05) is 55.3 Å². The number of amides is 1. The quantitative estimate of drug-likeness (QED) is 0.449. The van der Waals surface area contributed by atoms with E-state index in [-0.39, 0.29) is 28.4 Å². The maximum absolute atomic E-state index is 13.6. The molecule has 1 unspecified atom stereocenters. The topological polar surface area (TPSA) is 95.1 Å². The van der Waals surface area contributed by atoms with E-state index in [4.69, 9.17) is 0 Å². The Morgan fingerprint density at radius 1 is 0.833 bits per heavy atom. The number of benzene rings is 2. The molecule has 8 nitrogen and oxygen atoms in total. The lowest BCUT2D eigenvalue weighted by Crippen LogP contribution is -2.46. The molecule has 0 N–H and O–H groups in total. The van der Waals surface area contributed by atoms with Crippen molar-refractivity contribution in [3.8, 4) is 0 Å². The van der Waals surface area contributed by atoms with E-state index < -0.39 is 19.9 Å². The van der Waals surface area contributed by atoms with Crippen LogP contribution in [0, 0.1) is 11.3 Å². The van der Waals surface area contributed by atoms with E-state index >= 15 is 0 Å². The SMILES string of the molecule is CS(=O)(=O)c1ccc(CN2CCC3(CCN(C[C@H]4CN(S(=O)(=O)C5CCCC5)CC4c4ccccc4)CC3)C2=O)cc1. The number of sulfonamides is 1. The Kier molecular flexibility index (Phi) is 8.28. The van der Waals surface area contributed by atoms with Gasteiger partial charge in [-0.3, -0.25) is 4.79 Å². The number of piperidine rings is 1. The first-order chi connectivity index (χ1) is 20.0. The van der Waals surface area contributed by atoms with Gasteiger partial charge in [0.1, 0.15) is 0 Å². The number of rotatable bonds is 8. The molecule has 4 aliphatic rings.